The zero-order valence-electron chi connectivity index (χ0n) is 14.2. The average molecular weight is 488 g/mol. The van der Waals surface area contributed by atoms with Gasteiger partial charge in [-0.25, -0.2) is 0 Å². The van der Waals surface area contributed by atoms with E-state index in [4.69, 9.17) is 5.73 Å². The van der Waals surface area contributed by atoms with Crippen LogP contribution in [0.1, 0.15) is 1.43 Å². The van der Waals surface area contributed by atoms with E-state index in [1.54, 1.807) is 12.1 Å². The molecule has 2 rings (SSSR count). The second-order valence-corrected chi connectivity index (χ2v) is 11.8. The smallest absolute Gasteiger partial charge is 1.00 e. The predicted molar refractivity (Wildman–Crippen MR) is 86.0 cm³/mol. The van der Waals surface area contributed by atoms with Crippen molar-refractivity contribution in [3.63, 3.8) is 0 Å². The van der Waals surface area contributed by atoms with E-state index in [2.05, 4.69) is 9.50 Å². The quantitative estimate of drug-likeness (QED) is 0.137. The zero-order chi connectivity index (χ0) is 15.9. The summed E-state index contributed by atoms with van der Waals surface area (Å²) in [6, 6.07) is 10.2. The van der Waals surface area contributed by atoms with Gasteiger partial charge < -0.3 is 0 Å². The van der Waals surface area contributed by atoms with Crippen molar-refractivity contribution in [1.82, 2.24) is 0 Å². The minimum absolute atomic E-state index is 0. The molecule has 0 bridgehead atoms. The van der Waals surface area contributed by atoms with Gasteiger partial charge in [0.15, 0.2) is 0 Å². The number of anilines is 2. The number of rotatable bonds is 6. The van der Waals surface area contributed by atoms with Gasteiger partial charge in [0.05, 0.1) is 0 Å². The van der Waals surface area contributed by atoms with Crippen molar-refractivity contribution in [3.05, 3.63) is 36.4 Å². The van der Waals surface area contributed by atoms with Gasteiger partial charge in [0.1, 0.15) is 0 Å². The number of nitrogens with two attached hydrogens (primary N) is 1. The Morgan fingerprint density at radius 1 is 1.04 bits per heavy atom. The van der Waals surface area contributed by atoms with E-state index in [9.17, 15) is 14.8 Å². The Hall–Kier alpha value is 1.03. The second-order valence-electron chi connectivity index (χ2n) is 4.11. The fourth-order valence-corrected chi connectivity index (χ4v) is 8.78. The van der Waals surface area contributed by atoms with E-state index in [0.29, 0.717) is 5.69 Å². The summed E-state index contributed by atoms with van der Waals surface area (Å²) in [7, 11) is 0. The molecule has 0 radical (unpaired) electrons. The van der Waals surface area contributed by atoms with E-state index < -0.39 is 0 Å². The third kappa shape index (κ3) is 8.15. The van der Waals surface area contributed by atoms with Gasteiger partial charge in [-0.05, 0) is 0 Å². The van der Waals surface area contributed by atoms with Crippen molar-refractivity contribution < 1.29 is 79.5 Å². The molecule has 0 fully saturated rings. The first kappa shape index (κ1) is 25.0. The van der Waals surface area contributed by atoms with Crippen LogP contribution in [-0.4, -0.2) is 37.6 Å². The van der Waals surface area contributed by atoms with Gasteiger partial charge >= 0.3 is 204 Å². The minimum Gasteiger partial charge on any atom is 1.00 e. The van der Waals surface area contributed by atoms with Crippen LogP contribution >= 0.6 is 12.3 Å². The first-order valence-electron chi connectivity index (χ1n) is 6.05. The van der Waals surface area contributed by atoms with Gasteiger partial charge in [-0.15, -0.1) is 0 Å². The summed E-state index contributed by atoms with van der Waals surface area (Å²) in [6.45, 7) is -0.0153. The number of nitrogens with one attached hydrogen (secondary N) is 1. The molecule has 0 heterocycles. The topological polar surface area (TPSA) is 116 Å². The van der Waals surface area contributed by atoms with Crippen LogP contribution in [-0.2, 0) is 4.18 Å². The summed E-state index contributed by atoms with van der Waals surface area (Å²) in [6.07, 6.45) is 0. The molecule has 2 aromatic carbocycles. The van der Waals surface area contributed by atoms with Crippen molar-refractivity contribution in [2.75, 3.05) is 17.8 Å². The largest absolute Gasteiger partial charge is 1.00 e. The van der Waals surface area contributed by atoms with Gasteiger partial charge in [-0.3, -0.25) is 0 Å². The van der Waals surface area contributed by atoms with Crippen LogP contribution in [0.4, 0.5) is 11.4 Å². The molecular weight excluding hydrogens is 476 g/mol. The summed E-state index contributed by atoms with van der Waals surface area (Å²) in [5.74, 6) is -0.291. The molecule has 2 aromatic rings. The van der Waals surface area contributed by atoms with Crippen molar-refractivity contribution in [2.24, 2.45) is 0 Å². The van der Waals surface area contributed by atoms with E-state index in [-0.39, 0.29) is 123 Å². The minimum atomic E-state index is -0.153. The molecule has 116 valence electrons. The van der Waals surface area contributed by atoms with Crippen LogP contribution in [0.15, 0.2) is 36.4 Å². The van der Waals surface area contributed by atoms with E-state index >= 15 is 0 Å². The van der Waals surface area contributed by atoms with Crippen LogP contribution < -0.4 is 89.1 Å². The van der Waals surface area contributed by atoms with Crippen LogP contribution in [0.25, 0.3) is 0 Å². The van der Waals surface area contributed by atoms with Gasteiger partial charge in [0.25, 0.3) is 0 Å². The normalized spacial score (nSPS) is 10.0. The van der Waals surface area contributed by atoms with Crippen molar-refractivity contribution in [2.45, 2.75) is 0 Å². The summed E-state index contributed by atoms with van der Waals surface area (Å²) >= 11 is -0.222. The van der Waals surface area contributed by atoms with Crippen LogP contribution in [0.3, 0.4) is 0 Å². The average Bonchev–Trinajstić information content (AvgIpc) is 2.51. The Morgan fingerprint density at radius 2 is 1.62 bits per heavy atom. The maximum atomic E-state index is 11.7. The van der Waals surface area contributed by atoms with Crippen molar-refractivity contribution in [3.8, 4) is 11.5 Å². The molecule has 0 unspecified atom stereocenters. The molecule has 0 aromatic heterocycles. The Balaban J connectivity index is 0. The second kappa shape index (κ2) is 13.2. The molecule has 0 saturated carbocycles. The summed E-state index contributed by atoms with van der Waals surface area (Å²) in [5, 5.41) is 25.7. The molecule has 0 aliphatic heterocycles. The van der Waals surface area contributed by atoms with Crippen LogP contribution in [0, 0.1) is 0 Å². The van der Waals surface area contributed by atoms with Crippen LogP contribution in [0.2, 0.25) is 0 Å². The Bertz CT molecular complexity index is 701. The first-order chi connectivity index (χ1) is 10.6. The predicted octanol–water partition coefficient (Wildman–Crippen LogP) is -7.02. The van der Waals surface area contributed by atoms with Crippen molar-refractivity contribution >= 4 is 58.7 Å². The number of hydrogen-bond donors (Lipinski definition) is 2. The number of hydrogen-bond acceptors (Lipinski definition) is 7. The molecule has 11 heteroatoms. The maximum absolute atomic E-state index is 11.7. The standard InChI is InChI=1S/C13H14As2N2O4S.2Na/c16-10-5-8(1-3-12(10)18)14-15-9-2-4-13(19)11(6-9)17-7-21-22-20;;/h1-6,17-20H,7,16H2;;/q;2*+1/p-2. The molecular formula is C13H12As2N2Na2O4S. The molecule has 3 N–H and O–H groups in total. The summed E-state index contributed by atoms with van der Waals surface area (Å²) in [4.78, 5) is 0. The van der Waals surface area contributed by atoms with E-state index in [1.165, 1.54) is 12.1 Å². The molecule has 24 heavy (non-hydrogen) atoms. The Kier molecular flexibility index (Phi) is 13.8. The SMILES string of the molecule is Nc1cc([As]=[As]c2ccc([O-])c(NCOS[O-])c2)ccc1[O-].[H+].[Na+].[Na+]. The molecule has 0 amide bonds. The molecule has 0 aliphatic carbocycles. The van der Waals surface area contributed by atoms with E-state index in [1.807, 2.05) is 12.1 Å². The molecule has 0 atom stereocenters. The summed E-state index contributed by atoms with van der Waals surface area (Å²) in [5.41, 5.74) is 6.33. The van der Waals surface area contributed by atoms with Gasteiger partial charge in [-0.1, -0.05) is 0 Å². The molecule has 0 aliphatic rings. The number of benzene rings is 2. The molecule has 0 saturated heterocycles. The van der Waals surface area contributed by atoms with E-state index in [0.717, 1.165) is 8.70 Å². The molecule has 6 nitrogen and oxygen atoms in total. The zero-order valence-corrected chi connectivity index (χ0v) is 21.8. The third-order valence-corrected chi connectivity index (χ3v) is 11.3. The summed E-state index contributed by atoms with van der Waals surface area (Å²) < 4.78 is 16.9. The third-order valence-electron chi connectivity index (χ3n) is 2.61. The first-order valence-corrected chi connectivity index (χ1v) is 13.8. The Morgan fingerprint density at radius 3 is 2.21 bits per heavy atom. The fraction of sp³-hybridized carbons (Fsp3) is 0.0769. The van der Waals surface area contributed by atoms with Gasteiger partial charge in [-0.2, -0.15) is 0 Å². The number of nitrogen functional groups attached to an aromatic ring is 1. The Labute approximate surface area is 201 Å². The van der Waals surface area contributed by atoms with Crippen molar-refractivity contribution in [1.29, 1.82) is 0 Å². The molecule has 0 spiro atoms. The van der Waals surface area contributed by atoms with Gasteiger partial charge in [0.2, 0.25) is 0 Å². The van der Waals surface area contributed by atoms with Crippen LogP contribution in [0.5, 0.6) is 11.5 Å². The fourth-order valence-electron chi connectivity index (χ4n) is 1.56. The monoisotopic (exact) mass is 488 g/mol. The van der Waals surface area contributed by atoms with Gasteiger partial charge in [0, 0.05) is 0 Å². The maximum Gasteiger partial charge on any atom is 1.00 e.